The number of thiocarbonyl (C=S) groups is 1. The van der Waals surface area contributed by atoms with E-state index in [-0.39, 0.29) is 42.7 Å². The second-order valence-electron chi connectivity index (χ2n) is 6.04. The number of nitrogens with zero attached hydrogens (tertiary/aromatic N) is 1. The summed E-state index contributed by atoms with van der Waals surface area (Å²) < 4.78 is 0.409. The number of carbonyl (C=O) groups is 2. The van der Waals surface area contributed by atoms with E-state index >= 15 is 0 Å². The quantitative estimate of drug-likeness (QED) is 0.586. The number of aliphatic hydroxyl groups is 2. The zero-order valence-corrected chi connectivity index (χ0v) is 16.6. The van der Waals surface area contributed by atoms with Crippen LogP contribution in [0.15, 0.2) is 24.3 Å². The zero-order chi connectivity index (χ0) is 19.3. The first kappa shape index (κ1) is 21.1. The summed E-state index contributed by atoms with van der Waals surface area (Å²) in [5.74, 6) is -0.915. The van der Waals surface area contributed by atoms with Crippen molar-refractivity contribution in [3.05, 3.63) is 34.9 Å². The Kier molecular flexibility index (Phi) is 7.85. The lowest BCUT2D eigenvalue weighted by Crippen LogP contribution is -2.55. The van der Waals surface area contributed by atoms with Gasteiger partial charge in [-0.05, 0) is 24.1 Å². The largest absolute Gasteiger partial charge is 0.396 e. The second-order valence-corrected chi connectivity index (χ2v) is 8.26. The maximum atomic E-state index is 13.0. The third kappa shape index (κ3) is 5.17. The summed E-state index contributed by atoms with van der Waals surface area (Å²) in [4.78, 5) is 26.0. The van der Waals surface area contributed by atoms with Crippen LogP contribution < -0.4 is 5.32 Å². The number of aliphatic hydroxyl groups excluding tert-OH is 2. The lowest BCUT2D eigenvalue weighted by atomic mass is 10.0. The van der Waals surface area contributed by atoms with Crippen molar-refractivity contribution in [2.45, 2.75) is 24.6 Å². The van der Waals surface area contributed by atoms with Crippen LogP contribution in [0.3, 0.4) is 0 Å². The number of thioether (sulfide) groups is 1. The molecule has 9 heteroatoms. The van der Waals surface area contributed by atoms with E-state index in [1.54, 1.807) is 12.1 Å². The van der Waals surface area contributed by atoms with Gasteiger partial charge in [-0.2, -0.15) is 0 Å². The van der Waals surface area contributed by atoms with Crippen LogP contribution in [0.4, 0.5) is 0 Å². The van der Waals surface area contributed by atoms with Gasteiger partial charge in [-0.15, -0.1) is 0 Å². The van der Waals surface area contributed by atoms with Crippen LogP contribution in [0, 0.1) is 5.92 Å². The molecule has 0 saturated carbocycles. The van der Waals surface area contributed by atoms with Crippen LogP contribution in [0.1, 0.15) is 24.2 Å². The Morgan fingerprint density at radius 3 is 2.50 bits per heavy atom. The average molecular weight is 417 g/mol. The van der Waals surface area contributed by atoms with E-state index in [9.17, 15) is 19.8 Å². The SMILES string of the molecule is CC(=O)N[C@@H]1C(=O)N(CCC(CO)CO)C(=S)S[C@H]1c1ccc(Cl)cc1. The van der Waals surface area contributed by atoms with E-state index in [2.05, 4.69) is 5.32 Å². The van der Waals surface area contributed by atoms with Crippen LogP contribution in [0.5, 0.6) is 0 Å². The van der Waals surface area contributed by atoms with Gasteiger partial charge < -0.3 is 15.5 Å². The van der Waals surface area contributed by atoms with Crippen LogP contribution in [0.25, 0.3) is 0 Å². The van der Waals surface area contributed by atoms with Gasteiger partial charge in [0.25, 0.3) is 5.91 Å². The third-order valence-electron chi connectivity index (χ3n) is 4.12. The Bertz CT molecular complexity index is 667. The molecule has 2 amide bonds. The number of benzene rings is 1. The molecule has 1 aliphatic rings. The zero-order valence-electron chi connectivity index (χ0n) is 14.2. The molecule has 3 N–H and O–H groups in total. The van der Waals surface area contributed by atoms with E-state index in [1.807, 2.05) is 12.1 Å². The van der Waals surface area contributed by atoms with Gasteiger partial charge in [-0.1, -0.05) is 47.7 Å². The van der Waals surface area contributed by atoms with E-state index < -0.39 is 6.04 Å². The van der Waals surface area contributed by atoms with E-state index in [0.717, 1.165) is 5.56 Å². The van der Waals surface area contributed by atoms with Gasteiger partial charge >= 0.3 is 0 Å². The minimum atomic E-state index is -0.757. The maximum absolute atomic E-state index is 13.0. The molecule has 142 valence electrons. The highest BCUT2D eigenvalue weighted by molar-refractivity contribution is 8.23. The van der Waals surface area contributed by atoms with Crippen LogP contribution in [-0.2, 0) is 9.59 Å². The first-order chi connectivity index (χ1) is 12.4. The molecule has 1 heterocycles. The number of nitrogens with one attached hydrogen (secondary N) is 1. The fourth-order valence-electron chi connectivity index (χ4n) is 2.65. The molecule has 1 aromatic carbocycles. The summed E-state index contributed by atoms with van der Waals surface area (Å²) in [6.07, 6.45) is 0.415. The summed E-state index contributed by atoms with van der Waals surface area (Å²) in [5.41, 5.74) is 0.845. The van der Waals surface area contributed by atoms with Gasteiger partial charge in [-0.25, -0.2) is 0 Å². The molecule has 2 rings (SSSR count). The molecule has 26 heavy (non-hydrogen) atoms. The molecule has 0 aliphatic carbocycles. The highest BCUT2D eigenvalue weighted by atomic mass is 35.5. The monoisotopic (exact) mass is 416 g/mol. The van der Waals surface area contributed by atoms with Gasteiger partial charge in [-0.3, -0.25) is 14.5 Å². The second kappa shape index (κ2) is 9.66. The summed E-state index contributed by atoms with van der Waals surface area (Å²) >= 11 is 12.7. The van der Waals surface area contributed by atoms with Crippen LogP contribution in [0.2, 0.25) is 5.02 Å². The Labute approximate surface area is 166 Å². The van der Waals surface area contributed by atoms with Crippen LogP contribution >= 0.6 is 35.6 Å². The van der Waals surface area contributed by atoms with Gasteiger partial charge in [0.1, 0.15) is 10.4 Å². The minimum absolute atomic E-state index is 0.166. The molecular formula is C17H21ClN2O4S2. The number of carbonyl (C=O) groups excluding carboxylic acids is 2. The van der Waals surface area contributed by atoms with Gasteiger partial charge in [0, 0.05) is 37.6 Å². The topological polar surface area (TPSA) is 89.9 Å². The summed E-state index contributed by atoms with van der Waals surface area (Å²) in [6, 6.07) is 6.33. The number of hydrogen-bond acceptors (Lipinski definition) is 6. The molecule has 2 atom stereocenters. The van der Waals surface area contributed by atoms with Crippen molar-refractivity contribution in [3.63, 3.8) is 0 Å². The molecule has 0 unspecified atom stereocenters. The van der Waals surface area contributed by atoms with Crippen molar-refractivity contribution in [3.8, 4) is 0 Å². The Morgan fingerprint density at radius 1 is 1.35 bits per heavy atom. The molecular weight excluding hydrogens is 396 g/mol. The highest BCUT2D eigenvalue weighted by Crippen LogP contribution is 2.39. The molecule has 0 spiro atoms. The smallest absolute Gasteiger partial charge is 0.252 e. The van der Waals surface area contributed by atoms with Crippen LogP contribution in [-0.4, -0.2) is 57.0 Å². The van der Waals surface area contributed by atoms with Crippen molar-refractivity contribution in [1.29, 1.82) is 0 Å². The standard InChI is InChI=1S/C17H21ClN2O4S2/c1-10(23)19-14-15(12-2-4-13(18)5-3-12)26-17(25)20(16(14)24)7-6-11(8-21)9-22/h2-5,11,14-15,21-22H,6-9H2,1H3,(H,19,23)/t14-,15-/m0/s1. The average Bonchev–Trinajstić information content (AvgIpc) is 2.61. The third-order valence-corrected chi connectivity index (χ3v) is 6.10. The van der Waals surface area contributed by atoms with E-state index in [4.69, 9.17) is 23.8 Å². The summed E-state index contributed by atoms with van der Waals surface area (Å²) in [6.45, 7) is 1.31. The fraction of sp³-hybridized carbons (Fsp3) is 0.471. The molecule has 0 bridgehead atoms. The molecule has 1 saturated heterocycles. The minimum Gasteiger partial charge on any atom is -0.396 e. The Hall–Kier alpha value is -1.19. The number of amides is 2. The van der Waals surface area contributed by atoms with Gasteiger partial charge in [0.15, 0.2) is 0 Å². The molecule has 1 aliphatic heterocycles. The molecule has 6 nitrogen and oxygen atoms in total. The summed E-state index contributed by atoms with van der Waals surface area (Å²) in [5, 5.41) is 21.4. The van der Waals surface area contributed by atoms with Gasteiger partial charge in [0.2, 0.25) is 5.91 Å². The maximum Gasteiger partial charge on any atom is 0.252 e. The number of rotatable bonds is 7. The van der Waals surface area contributed by atoms with Crippen molar-refractivity contribution >= 4 is 51.7 Å². The first-order valence-corrected chi connectivity index (χ1v) is 9.80. The number of hydrogen-bond donors (Lipinski definition) is 3. The fourth-order valence-corrected chi connectivity index (χ4v) is 4.41. The Morgan fingerprint density at radius 2 is 1.96 bits per heavy atom. The molecule has 0 aromatic heterocycles. The lowest BCUT2D eigenvalue weighted by molar-refractivity contribution is -0.133. The predicted octanol–water partition coefficient (Wildman–Crippen LogP) is 1.74. The first-order valence-electron chi connectivity index (χ1n) is 8.13. The Balaban J connectivity index is 2.22. The highest BCUT2D eigenvalue weighted by Gasteiger charge is 2.41. The molecule has 0 radical (unpaired) electrons. The molecule has 1 aromatic rings. The van der Waals surface area contributed by atoms with Crippen molar-refractivity contribution in [2.24, 2.45) is 5.92 Å². The van der Waals surface area contributed by atoms with Crippen molar-refractivity contribution < 1.29 is 19.8 Å². The summed E-state index contributed by atoms with van der Waals surface area (Å²) in [7, 11) is 0. The van der Waals surface area contributed by atoms with Gasteiger partial charge in [0.05, 0.1) is 5.25 Å². The van der Waals surface area contributed by atoms with Crippen molar-refractivity contribution in [2.75, 3.05) is 19.8 Å². The predicted molar refractivity (Wildman–Crippen MR) is 106 cm³/mol. The molecule has 1 fully saturated rings. The lowest BCUT2D eigenvalue weighted by Gasteiger charge is -2.38. The van der Waals surface area contributed by atoms with Crippen molar-refractivity contribution in [1.82, 2.24) is 10.2 Å². The number of halogens is 1. The normalized spacial score (nSPS) is 20.6. The van der Waals surface area contributed by atoms with E-state index in [1.165, 1.54) is 23.6 Å². The van der Waals surface area contributed by atoms with E-state index in [0.29, 0.717) is 15.8 Å².